The first-order chi connectivity index (χ1) is 7.21. The molecule has 0 N–H and O–H groups in total. The molecule has 2 aromatic rings. The molecule has 3 rings (SSSR count). The predicted molar refractivity (Wildman–Crippen MR) is 61.1 cm³/mol. The maximum Gasteiger partial charge on any atom is 0.258 e. The summed E-state index contributed by atoms with van der Waals surface area (Å²) < 4.78 is 1.88. The van der Waals surface area contributed by atoms with Gasteiger partial charge in [-0.1, -0.05) is 18.2 Å². The fraction of sp³-hybridized carbons (Fsp3) is 0.308. The third-order valence-electron chi connectivity index (χ3n) is 3.37. The average molecular weight is 199 g/mol. The van der Waals surface area contributed by atoms with E-state index >= 15 is 0 Å². The average Bonchev–Trinajstić information content (AvgIpc) is 2.98. The summed E-state index contributed by atoms with van der Waals surface area (Å²) in [5, 5.41) is 1.86. The molecule has 15 heavy (non-hydrogen) atoms. The van der Waals surface area contributed by atoms with Crippen LogP contribution in [-0.2, 0) is 5.54 Å². The van der Waals surface area contributed by atoms with Crippen LogP contribution in [0.1, 0.15) is 19.8 Å². The van der Waals surface area contributed by atoms with Crippen molar-refractivity contribution in [1.82, 2.24) is 4.57 Å². The first kappa shape index (κ1) is 8.72. The van der Waals surface area contributed by atoms with Crippen LogP contribution in [0.4, 0.5) is 0 Å². The molecule has 2 nitrogen and oxygen atoms in total. The Kier molecular flexibility index (Phi) is 1.58. The van der Waals surface area contributed by atoms with Gasteiger partial charge in [0.2, 0.25) is 0 Å². The minimum atomic E-state index is 0.0844. The first-order valence-corrected chi connectivity index (χ1v) is 5.32. The molecule has 1 saturated carbocycles. The Hall–Kier alpha value is -1.57. The van der Waals surface area contributed by atoms with Gasteiger partial charge in [-0.15, -0.1) is 0 Å². The van der Waals surface area contributed by atoms with Gasteiger partial charge in [0.05, 0.1) is 0 Å². The van der Waals surface area contributed by atoms with Gasteiger partial charge in [-0.2, -0.15) is 0 Å². The first-order valence-electron chi connectivity index (χ1n) is 5.32. The van der Waals surface area contributed by atoms with Crippen LogP contribution in [-0.4, -0.2) is 4.57 Å². The monoisotopic (exact) mass is 199 g/mol. The Balaban J connectivity index is 2.35. The summed E-state index contributed by atoms with van der Waals surface area (Å²) >= 11 is 0. The molecule has 1 aromatic carbocycles. The van der Waals surface area contributed by atoms with Crippen molar-refractivity contribution in [1.29, 1.82) is 0 Å². The van der Waals surface area contributed by atoms with E-state index in [0.29, 0.717) is 0 Å². The number of fused-ring (bicyclic) bond motifs is 1. The number of benzene rings is 1. The van der Waals surface area contributed by atoms with E-state index < -0.39 is 0 Å². The highest BCUT2D eigenvalue weighted by Gasteiger charge is 2.39. The maximum absolute atomic E-state index is 12.2. The van der Waals surface area contributed by atoms with Gasteiger partial charge in [0.1, 0.15) is 0 Å². The molecule has 0 spiro atoms. The normalized spacial score (nSPS) is 17.9. The molecule has 1 aliphatic rings. The summed E-state index contributed by atoms with van der Waals surface area (Å²) in [5.41, 5.74) is 0.231. The van der Waals surface area contributed by atoms with Gasteiger partial charge in [0.25, 0.3) is 5.56 Å². The van der Waals surface area contributed by atoms with E-state index in [0.717, 1.165) is 23.6 Å². The van der Waals surface area contributed by atoms with Crippen molar-refractivity contribution >= 4 is 10.8 Å². The topological polar surface area (TPSA) is 22.0 Å². The van der Waals surface area contributed by atoms with Crippen molar-refractivity contribution < 1.29 is 0 Å². The molecule has 0 aliphatic heterocycles. The molecule has 2 heteroatoms. The molecule has 76 valence electrons. The van der Waals surface area contributed by atoms with Crippen LogP contribution in [0.25, 0.3) is 10.8 Å². The third kappa shape index (κ3) is 1.21. The molecular weight excluding hydrogens is 186 g/mol. The van der Waals surface area contributed by atoms with Crippen LogP contribution < -0.4 is 5.56 Å². The molecule has 0 radical (unpaired) electrons. The fourth-order valence-electron chi connectivity index (χ4n) is 2.04. The molecule has 1 heterocycles. The summed E-state index contributed by atoms with van der Waals surface area (Å²) in [6.45, 7) is 2.14. The zero-order chi connectivity index (χ0) is 10.5. The van der Waals surface area contributed by atoms with E-state index in [9.17, 15) is 4.79 Å². The summed E-state index contributed by atoms with van der Waals surface area (Å²) in [6.07, 6.45) is 4.16. The molecule has 0 saturated heterocycles. The second-order valence-electron chi connectivity index (χ2n) is 4.58. The molecule has 0 unspecified atom stereocenters. The quantitative estimate of drug-likeness (QED) is 0.691. The highest BCUT2D eigenvalue weighted by molar-refractivity contribution is 5.81. The van der Waals surface area contributed by atoms with Crippen LogP contribution in [0, 0.1) is 0 Å². The van der Waals surface area contributed by atoms with Gasteiger partial charge in [-0.25, -0.2) is 0 Å². The van der Waals surface area contributed by atoms with Gasteiger partial charge < -0.3 is 4.57 Å². The van der Waals surface area contributed by atoms with Gasteiger partial charge >= 0.3 is 0 Å². The molecule has 0 amide bonds. The summed E-state index contributed by atoms with van der Waals surface area (Å²) in [5.74, 6) is 0. The van der Waals surface area contributed by atoms with E-state index in [-0.39, 0.29) is 11.1 Å². The van der Waals surface area contributed by atoms with Crippen LogP contribution in [0.3, 0.4) is 0 Å². The zero-order valence-corrected chi connectivity index (χ0v) is 8.73. The van der Waals surface area contributed by atoms with Crippen molar-refractivity contribution in [3.8, 4) is 0 Å². The number of rotatable bonds is 1. The lowest BCUT2D eigenvalue weighted by Gasteiger charge is -2.13. The molecule has 1 aliphatic carbocycles. The minimum absolute atomic E-state index is 0.0844. The van der Waals surface area contributed by atoms with E-state index in [1.807, 2.05) is 41.1 Å². The van der Waals surface area contributed by atoms with Crippen molar-refractivity contribution in [2.75, 3.05) is 0 Å². The predicted octanol–water partition coefficient (Wildman–Crippen LogP) is 2.51. The Morgan fingerprint density at radius 3 is 2.67 bits per heavy atom. The number of pyridine rings is 1. The Bertz CT molecular complexity index is 578. The van der Waals surface area contributed by atoms with E-state index in [2.05, 4.69) is 6.92 Å². The van der Waals surface area contributed by atoms with Crippen LogP contribution >= 0.6 is 0 Å². The highest BCUT2D eigenvalue weighted by atomic mass is 16.1. The molecule has 1 aromatic heterocycles. The van der Waals surface area contributed by atoms with Gasteiger partial charge in [-0.05, 0) is 37.3 Å². The van der Waals surface area contributed by atoms with E-state index in [1.165, 1.54) is 0 Å². The molecule has 1 fully saturated rings. The number of hydrogen-bond donors (Lipinski definition) is 0. The number of hydrogen-bond acceptors (Lipinski definition) is 1. The number of aromatic nitrogens is 1. The highest BCUT2D eigenvalue weighted by Crippen LogP contribution is 2.41. The van der Waals surface area contributed by atoms with Crippen molar-refractivity contribution in [3.05, 3.63) is 46.9 Å². The van der Waals surface area contributed by atoms with Gasteiger partial charge in [0, 0.05) is 17.1 Å². The van der Waals surface area contributed by atoms with Gasteiger partial charge in [-0.3, -0.25) is 4.79 Å². The molecular formula is C13H13NO. The third-order valence-corrected chi connectivity index (χ3v) is 3.37. The lowest BCUT2D eigenvalue weighted by atomic mass is 10.1. The second-order valence-corrected chi connectivity index (χ2v) is 4.58. The lowest BCUT2D eigenvalue weighted by Crippen LogP contribution is -2.27. The van der Waals surface area contributed by atoms with Crippen LogP contribution in [0.15, 0.2) is 41.3 Å². The summed E-state index contributed by atoms with van der Waals surface area (Å²) in [6, 6.07) is 9.80. The van der Waals surface area contributed by atoms with Crippen LogP contribution in [0.5, 0.6) is 0 Å². The Morgan fingerprint density at radius 2 is 1.93 bits per heavy atom. The van der Waals surface area contributed by atoms with Crippen molar-refractivity contribution in [2.24, 2.45) is 0 Å². The standard InChI is InChI=1S/C13H13NO/c1-13(7-8-13)14-9-6-10-4-2-3-5-11(10)12(14)15/h2-6,9H,7-8H2,1H3. The van der Waals surface area contributed by atoms with Gasteiger partial charge in [0.15, 0.2) is 0 Å². The minimum Gasteiger partial charge on any atom is -0.309 e. The van der Waals surface area contributed by atoms with Crippen molar-refractivity contribution in [3.63, 3.8) is 0 Å². The van der Waals surface area contributed by atoms with E-state index in [1.54, 1.807) is 0 Å². The Labute approximate surface area is 88.2 Å². The maximum atomic E-state index is 12.2. The van der Waals surface area contributed by atoms with Crippen molar-refractivity contribution in [2.45, 2.75) is 25.3 Å². The smallest absolute Gasteiger partial charge is 0.258 e. The Morgan fingerprint density at radius 1 is 1.20 bits per heavy atom. The second kappa shape index (κ2) is 2.72. The molecule has 0 bridgehead atoms. The lowest BCUT2D eigenvalue weighted by molar-refractivity contribution is 0.517. The van der Waals surface area contributed by atoms with Crippen LogP contribution in [0.2, 0.25) is 0 Å². The number of nitrogens with zero attached hydrogens (tertiary/aromatic N) is 1. The largest absolute Gasteiger partial charge is 0.309 e. The SMILES string of the molecule is CC1(n2ccc3ccccc3c2=O)CC1. The molecule has 0 atom stereocenters. The fourth-order valence-corrected chi connectivity index (χ4v) is 2.04. The van der Waals surface area contributed by atoms with E-state index in [4.69, 9.17) is 0 Å². The zero-order valence-electron chi connectivity index (χ0n) is 8.73. The summed E-state index contributed by atoms with van der Waals surface area (Å²) in [4.78, 5) is 12.2. The summed E-state index contributed by atoms with van der Waals surface area (Å²) in [7, 11) is 0.